The summed E-state index contributed by atoms with van der Waals surface area (Å²) in [6, 6.07) is 8.92. The summed E-state index contributed by atoms with van der Waals surface area (Å²) in [5.74, 6) is -0.288. The molecule has 3 N–H and O–H groups in total. The van der Waals surface area contributed by atoms with Crippen LogP contribution >= 0.6 is 11.8 Å². The standard InChI is InChI=1S/C23H22N6O4S/c1-13(30)26-15-5-3-14(4-6-15)21-17(11-24)22(25)29-23(28-21)34-12-16-7-9-19(31)18(27-16)8-10-20(32)33-2/h3-7H,8-10,12H2,1-2H3,(H,26,30)(H2,25,28,29). The van der Waals surface area contributed by atoms with Crippen LogP contribution in [0.2, 0.25) is 0 Å². The fourth-order valence-electron chi connectivity index (χ4n) is 3.11. The molecule has 2 aromatic rings. The highest BCUT2D eigenvalue weighted by atomic mass is 32.2. The maximum atomic E-state index is 12.1. The first-order valence-corrected chi connectivity index (χ1v) is 11.2. The highest BCUT2D eigenvalue weighted by Gasteiger charge is 2.19. The maximum Gasteiger partial charge on any atom is 0.305 e. The van der Waals surface area contributed by atoms with Crippen LogP contribution in [0.5, 0.6) is 0 Å². The third-order valence-corrected chi connectivity index (χ3v) is 5.65. The summed E-state index contributed by atoms with van der Waals surface area (Å²) in [6.07, 6.45) is 2.23. The van der Waals surface area contributed by atoms with Gasteiger partial charge >= 0.3 is 5.97 Å². The van der Waals surface area contributed by atoms with Gasteiger partial charge in [0.2, 0.25) is 5.91 Å². The molecule has 0 saturated carbocycles. The first-order chi connectivity index (χ1) is 16.3. The molecule has 0 atom stereocenters. The number of aromatic nitrogens is 2. The molecule has 0 spiro atoms. The van der Waals surface area contributed by atoms with Crippen molar-refractivity contribution in [1.29, 1.82) is 5.26 Å². The van der Waals surface area contributed by atoms with Gasteiger partial charge in [0, 0.05) is 42.5 Å². The van der Waals surface area contributed by atoms with Gasteiger partial charge in [-0.1, -0.05) is 30.0 Å². The minimum Gasteiger partial charge on any atom is -0.469 e. The van der Waals surface area contributed by atoms with E-state index in [1.54, 1.807) is 30.3 Å². The number of nitriles is 1. The summed E-state index contributed by atoms with van der Waals surface area (Å²) in [6.45, 7) is 1.42. The maximum absolute atomic E-state index is 12.1. The second-order valence-corrected chi connectivity index (χ2v) is 8.17. The number of hydrogen-bond donors (Lipinski definition) is 2. The number of ketones is 1. The Morgan fingerprint density at radius 3 is 2.65 bits per heavy atom. The Bertz CT molecular complexity index is 1230. The summed E-state index contributed by atoms with van der Waals surface area (Å²) in [5.41, 5.74) is 8.82. The van der Waals surface area contributed by atoms with Crippen molar-refractivity contribution in [3.8, 4) is 17.3 Å². The monoisotopic (exact) mass is 478 g/mol. The van der Waals surface area contributed by atoms with Crippen molar-refractivity contribution >= 4 is 46.6 Å². The second kappa shape index (κ2) is 11.2. The number of thioether (sulfide) groups is 1. The SMILES string of the molecule is COC(=O)CCC1=NC(CSc2nc(N)c(C#N)c(-c3ccc(NC(C)=O)cc3)n2)=CCC1=O. The first kappa shape index (κ1) is 24.6. The zero-order valence-corrected chi connectivity index (χ0v) is 19.4. The summed E-state index contributed by atoms with van der Waals surface area (Å²) >= 11 is 1.27. The summed E-state index contributed by atoms with van der Waals surface area (Å²) in [7, 11) is 1.30. The Kier molecular flexibility index (Phi) is 8.10. The molecule has 1 aromatic carbocycles. The number of anilines is 2. The summed E-state index contributed by atoms with van der Waals surface area (Å²) in [5, 5.41) is 12.6. The average molecular weight is 479 g/mol. The zero-order chi connectivity index (χ0) is 24.7. The van der Waals surface area contributed by atoms with E-state index in [0.29, 0.717) is 39.3 Å². The Hall–Kier alpha value is -4.04. The normalized spacial score (nSPS) is 12.9. The minimum absolute atomic E-state index is 0.0519. The van der Waals surface area contributed by atoms with E-state index in [9.17, 15) is 19.6 Å². The van der Waals surface area contributed by atoms with Crippen LogP contribution in [0.1, 0.15) is 31.7 Å². The third kappa shape index (κ3) is 6.26. The highest BCUT2D eigenvalue weighted by molar-refractivity contribution is 7.99. The summed E-state index contributed by atoms with van der Waals surface area (Å²) in [4.78, 5) is 47.8. The molecule has 0 fully saturated rings. The molecule has 1 aliphatic rings. The molecule has 0 radical (unpaired) electrons. The molecule has 10 nitrogen and oxygen atoms in total. The van der Waals surface area contributed by atoms with Crippen LogP contribution in [-0.2, 0) is 19.1 Å². The largest absolute Gasteiger partial charge is 0.469 e. The van der Waals surface area contributed by atoms with Crippen molar-refractivity contribution in [2.24, 2.45) is 4.99 Å². The molecule has 1 aromatic heterocycles. The van der Waals surface area contributed by atoms with Crippen molar-refractivity contribution in [2.75, 3.05) is 23.9 Å². The molecular formula is C23H22N6O4S. The van der Waals surface area contributed by atoms with E-state index in [0.717, 1.165) is 0 Å². The fourth-order valence-corrected chi connectivity index (χ4v) is 3.89. The van der Waals surface area contributed by atoms with Crippen LogP contribution in [0.4, 0.5) is 11.5 Å². The average Bonchev–Trinajstić information content (AvgIpc) is 2.82. The lowest BCUT2D eigenvalue weighted by atomic mass is 10.0. The number of carbonyl (C=O) groups is 3. The molecule has 1 amide bonds. The number of aliphatic imine (C=N–C) groups is 1. The number of nitrogens with one attached hydrogen (secondary N) is 1. The second-order valence-electron chi connectivity index (χ2n) is 7.23. The summed E-state index contributed by atoms with van der Waals surface area (Å²) < 4.78 is 4.62. The lowest BCUT2D eigenvalue weighted by Crippen LogP contribution is -2.19. The van der Waals surface area contributed by atoms with E-state index in [1.807, 2.05) is 6.07 Å². The van der Waals surface area contributed by atoms with Crippen LogP contribution in [0.25, 0.3) is 11.3 Å². The predicted molar refractivity (Wildman–Crippen MR) is 128 cm³/mol. The van der Waals surface area contributed by atoms with Crippen LogP contribution < -0.4 is 11.1 Å². The number of carbonyl (C=O) groups excluding carboxylic acids is 3. The number of benzene rings is 1. The van der Waals surface area contributed by atoms with Gasteiger partial charge in [-0.25, -0.2) is 9.97 Å². The topological polar surface area (TPSA) is 160 Å². The fraction of sp³-hybridized carbons (Fsp3) is 0.261. The van der Waals surface area contributed by atoms with Gasteiger partial charge in [0.25, 0.3) is 0 Å². The van der Waals surface area contributed by atoms with E-state index in [4.69, 9.17) is 5.73 Å². The van der Waals surface area contributed by atoms with Crippen LogP contribution in [0, 0.1) is 11.3 Å². The molecule has 2 heterocycles. The van der Waals surface area contributed by atoms with Gasteiger partial charge in [-0.2, -0.15) is 5.26 Å². The van der Waals surface area contributed by atoms with E-state index in [2.05, 4.69) is 25.0 Å². The molecule has 34 heavy (non-hydrogen) atoms. The molecule has 174 valence electrons. The number of nitrogens with two attached hydrogens (primary N) is 1. The van der Waals surface area contributed by atoms with Gasteiger partial charge in [-0.05, 0) is 12.1 Å². The molecule has 0 aliphatic carbocycles. The lowest BCUT2D eigenvalue weighted by molar-refractivity contribution is -0.140. The van der Waals surface area contributed by atoms with Gasteiger partial charge in [0.15, 0.2) is 10.9 Å². The Morgan fingerprint density at radius 2 is 2.00 bits per heavy atom. The smallest absolute Gasteiger partial charge is 0.305 e. The number of rotatable bonds is 8. The van der Waals surface area contributed by atoms with E-state index < -0.39 is 5.97 Å². The van der Waals surface area contributed by atoms with E-state index in [-0.39, 0.29) is 42.3 Å². The quantitative estimate of drug-likeness (QED) is 0.330. The predicted octanol–water partition coefficient (Wildman–Crippen LogP) is 2.90. The van der Waals surface area contributed by atoms with Crippen molar-refractivity contribution in [3.05, 3.63) is 41.6 Å². The van der Waals surface area contributed by atoms with Crippen molar-refractivity contribution < 1.29 is 19.1 Å². The highest BCUT2D eigenvalue weighted by Crippen LogP contribution is 2.29. The van der Waals surface area contributed by atoms with Crippen LogP contribution in [-0.4, -0.2) is 46.2 Å². The Morgan fingerprint density at radius 1 is 1.26 bits per heavy atom. The van der Waals surface area contributed by atoms with E-state index >= 15 is 0 Å². The van der Waals surface area contributed by atoms with E-state index in [1.165, 1.54) is 25.8 Å². The lowest BCUT2D eigenvalue weighted by Gasteiger charge is -2.12. The van der Waals surface area contributed by atoms with Crippen molar-refractivity contribution in [2.45, 2.75) is 31.3 Å². The molecule has 0 bridgehead atoms. The molecule has 1 aliphatic heterocycles. The van der Waals surface area contributed by atoms with Gasteiger partial charge < -0.3 is 15.8 Å². The van der Waals surface area contributed by atoms with Gasteiger partial charge in [0.05, 0.1) is 24.9 Å². The van der Waals surface area contributed by atoms with Crippen LogP contribution in [0.15, 0.2) is 46.2 Å². The number of methoxy groups -OCH3 is 1. The number of ether oxygens (including phenoxy) is 1. The van der Waals surface area contributed by atoms with Gasteiger partial charge in [-0.15, -0.1) is 0 Å². The van der Waals surface area contributed by atoms with Gasteiger partial charge in [0.1, 0.15) is 17.5 Å². The molecule has 11 heteroatoms. The third-order valence-electron chi connectivity index (χ3n) is 4.77. The van der Waals surface area contributed by atoms with Crippen LogP contribution in [0.3, 0.4) is 0 Å². The van der Waals surface area contributed by atoms with Crippen molar-refractivity contribution in [3.63, 3.8) is 0 Å². The minimum atomic E-state index is -0.403. The number of amides is 1. The number of hydrogen-bond acceptors (Lipinski definition) is 10. The first-order valence-electron chi connectivity index (χ1n) is 10.3. The molecule has 3 rings (SSSR count). The zero-order valence-electron chi connectivity index (χ0n) is 18.6. The molecule has 0 saturated heterocycles. The number of nitrogens with zero attached hydrogens (tertiary/aromatic N) is 4. The molecular weight excluding hydrogens is 456 g/mol. The number of esters is 1. The number of allylic oxidation sites excluding steroid dienone is 1. The Balaban J connectivity index is 1.78. The van der Waals surface area contributed by atoms with Gasteiger partial charge in [-0.3, -0.25) is 19.4 Å². The number of nitrogen functional groups attached to an aromatic ring is 1. The molecule has 0 unspecified atom stereocenters. The number of Topliss-reactive ketones (excluding diaryl/α,β-unsaturated/α-hetero) is 1. The van der Waals surface area contributed by atoms with Crippen molar-refractivity contribution in [1.82, 2.24) is 9.97 Å². The Labute approximate surface area is 200 Å².